The van der Waals surface area contributed by atoms with Gasteiger partial charge in [0.25, 0.3) is 0 Å². The van der Waals surface area contributed by atoms with Crippen molar-refractivity contribution in [1.82, 2.24) is 4.90 Å². The summed E-state index contributed by atoms with van der Waals surface area (Å²) < 4.78 is 21.4. The molecule has 4 nitrogen and oxygen atoms in total. The van der Waals surface area contributed by atoms with Crippen molar-refractivity contribution in [3.05, 3.63) is 0 Å². The Bertz CT molecular complexity index is 376. The summed E-state index contributed by atoms with van der Waals surface area (Å²) in [5.41, 5.74) is 0. The second-order valence-corrected chi connectivity index (χ2v) is 6.37. The van der Waals surface area contributed by atoms with Gasteiger partial charge >= 0.3 is 0 Å². The zero-order valence-electron chi connectivity index (χ0n) is 9.57. The highest BCUT2D eigenvalue weighted by Gasteiger charge is 2.40. The number of carbonyl (C=O) groups is 1. The Balaban J connectivity index is 5.09. The van der Waals surface area contributed by atoms with Crippen LogP contribution in [0, 0.1) is 12.3 Å². The van der Waals surface area contributed by atoms with Gasteiger partial charge in [-0.05, 0) is 20.8 Å². The smallest absolute Gasteiger partial charge is 0.244 e. The number of amides is 1. The molecule has 0 aliphatic carbocycles. The fraction of sp³-hybridized carbons (Fsp3) is 0.700. The maximum atomic E-state index is 11.9. The first-order chi connectivity index (χ1) is 6.68. The third-order valence-corrected chi connectivity index (χ3v) is 4.42. The van der Waals surface area contributed by atoms with Crippen LogP contribution in [0.4, 0.5) is 0 Å². The molecular weight excluding hydrogens is 214 g/mol. The van der Waals surface area contributed by atoms with Crippen molar-refractivity contribution in [3.63, 3.8) is 0 Å². The zero-order chi connectivity index (χ0) is 12.3. The third-order valence-electron chi connectivity index (χ3n) is 2.39. The van der Waals surface area contributed by atoms with Crippen LogP contribution >= 0.6 is 0 Å². The molecule has 0 aromatic carbocycles. The molecule has 0 aromatic heterocycles. The molecule has 0 heterocycles. The van der Waals surface area contributed by atoms with Crippen molar-refractivity contribution < 1.29 is 13.2 Å². The first-order valence-corrected chi connectivity index (χ1v) is 6.50. The maximum Gasteiger partial charge on any atom is 0.244 e. The molecule has 0 bridgehead atoms. The Morgan fingerprint density at radius 1 is 1.47 bits per heavy atom. The number of carbonyl (C=O) groups excluding carboxylic acids is 1. The quantitative estimate of drug-likeness (QED) is 0.654. The molecule has 0 unspecified atom stereocenters. The molecule has 0 aliphatic rings. The van der Waals surface area contributed by atoms with Crippen molar-refractivity contribution in [2.24, 2.45) is 0 Å². The number of terminal acetylenes is 1. The lowest BCUT2D eigenvalue weighted by atomic mass is 10.1. The van der Waals surface area contributed by atoms with Crippen LogP contribution in [0.3, 0.4) is 0 Å². The molecule has 0 aliphatic heterocycles. The van der Waals surface area contributed by atoms with E-state index in [4.69, 9.17) is 6.42 Å². The fourth-order valence-corrected chi connectivity index (χ4v) is 1.42. The Hall–Kier alpha value is -1.02. The molecule has 0 saturated carbocycles. The standard InChI is InChI=1S/C10H17NO3S/c1-6-8-11(7-2)9(12)10(3,4)15(5,13)14/h1H,7-8H2,2-5H3. The van der Waals surface area contributed by atoms with Gasteiger partial charge < -0.3 is 4.90 Å². The molecule has 1 amide bonds. The highest BCUT2D eigenvalue weighted by molar-refractivity contribution is 7.92. The Kier molecular flexibility index (Phi) is 4.35. The van der Waals surface area contributed by atoms with Gasteiger partial charge in [0.1, 0.15) is 4.75 Å². The van der Waals surface area contributed by atoms with E-state index in [-0.39, 0.29) is 6.54 Å². The molecule has 0 N–H and O–H groups in total. The van der Waals surface area contributed by atoms with Crippen molar-refractivity contribution in [2.45, 2.75) is 25.5 Å². The van der Waals surface area contributed by atoms with Crippen LogP contribution in [0.5, 0.6) is 0 Å². The molecule has 15 heavy (non-hydrogen) atoms. The molecular formula is C10H17NO3S. The van der Waals surface area contributed by atoms with Crippen LogP contribution < -0.4 is 0 Å². The van der Waals surface area contributed by atoms with Crippen molar-refractivity contribution >= 4 is 15.7 Å². The summed E-state index contributed by atoms with van der Waals surface area (Å²) in [5.74, 6) is 1.88. The molecule has 0 fully saturated rings. The average Bonchev–Trinajstić information content (AvgIpc) is 2.11. The summed E-state index contributed by atoms with van der Waals surface area (Å²) in [6.07, 6.45) is 6.15. The van der Waals surface area contributed by atoms with Gasteiger partial charge in [-0.2, -0.15) is 0 Å². The molecule has 86 valence electrons. The molecule has 0 aromatic rings. The Morgan fingerprint density at radius 3 is 2.20 bits per heavy atom. The van der Waals surface area contributed by atoms with E-state index < -0.39 is 20.5 Å². The topological polar surface area (TPSA) is 54.5 Å². The summed E-state index contributed by atoms with van der Waals surface area (Å²) in [6.45, 7) is 5.08. The molecule has 0 rings (SSSR count). The molecule has 0 atom stereocenters. The summed E-state index contributed by atoms with van der Waals surface area (Å²) in [6, 6.07) is 0. The van der Waals surface area contributed by atoms with E-state index >= 15 is 0 Å². The summed E-state index contributed by atoms with van der Waals surface area (Å²) in [5, 5.41) is 0. The third kappa shape index (κ3) is 2.96. The normalized spacial score (nSPS) is 11.9. The minimum Gasteiger partial charge on any atom is -0.330 e. The lowest BCUT2D eigenvalue weighted by molar-refractivity contribution is -0.132. The van der Waals surface area contributed by atoms with Gasteiger partial charge in [-0.15, -0.1) is 6.42 Å². The number of rotatable bonds is 4. The predicted octanol–water partition coefficient (Wildman–Crippen LogP) is 0.291. The fourth-order valence-electron chi connectivity index (χ4n) is 0.977. The van der Waals surface area contributed by atoms with E-state index in [1.807, 2.05) is 0 Å². The predicted molar refractivity (Wildman–Crippen MR) is 60.0 cm³/mol. The maximum absolute atomic E-state index is 11.9. The molecule has 0 spiro atoms. The van der Waals surface area contributed by atoms with E-state index in [2.05, 4.69) is 5.92 Å². The van der Waals surface area contributed by atoms with Crippen LogP contribution in [0.15, 0.2) is 0 Å². The Morgan fingerprint density at radius 2 is 1.93 bits per heavy atom. The number of hydrogen-bond donors (Lipinski definition) is 0. The zero-order valence-corrected chi connectivity index (χ0v) is 10.4. The van der Waals surface area contributed by atoms with Gasteiger partial charge in [-0.1, -0.05) is 5.92 Å². The van der Waals surface area contributed by atoms with Gasteiger partial charge in [0.2, 0.25) is 5.91 Å². The summed E-state index contributed by atoms with van der Waals surface area (Å²) in [7, 11) is -3.43. The van der Waals surface area contributed by atoms with Crippen LogP contribution in [-0.4, -0.2) is 43.3 Å². The van der Waals surface area contributed by atoms with Gasteiger partial charge in [-0.3, -0.25) is 4.79 Å². The Labute approximate surface area is 91.6 Å². The van der Waals surface area contributed by atoms with E-state index in [1.165, 1.54) is 18.7 Å². The molecule has 5 heteroatoms. The van der Waals surface area contributed by atoms with Gasteiger partial charge in [-0.25, -0.2) is 8.42 Å². The lowest BCUT2D eigenvalue weighted by Gasteiger charge is -2.28. The summed E-state index contributed by atoms with van der Waals surface area (Å²) in [4.78, 5) is 13.2. The SMILES string of the molecule is C#CCN(CC)C(=O)C(C)(C)S(C)(=O)=O. The van der Waals surface area contributed by atoms with Crippen molar-refractivity contribution in [3.8, 4) is 12.3 Å². The van der Waals surface area contributed by atoms with Crippen molar-refractivity contribution in [2.75, 3.05) is 19.3 Å². The van der Waals surface area contributed by atoms with E-state index in [1.54, 1.807) is 6.92 Å². The lowest BCUT2D eigenvalue weighted by Crippen LogP contribution is -2.49. The van der Waals surface area contributed by atoms with Gasteiger partial charge in [0.05, 0.1) is 6.54 Å². The van der Waals surface area contributed by atoms with Crippen molar-refractivity contribution in [1.29, 1.82) is 0 Å². The van der Waals surface area contributed by atoms with E-state index in [0.717, 1.165) is 6.26 Å². The number of hydrogen-bond acceptors (Lipinski definition) is 3. The highest BCUT2D eigenvalue weighted by atomic mass is 32.2. The second kappa shape index (κ2) is 4.67. The molecule has 0 saturated heterocycles. The van der Waals surface area contributed by atoms with Crippen LogP contribution in [0.2, 0.25) is 0 Å². The largest absolute Gasteiger partial charge is 0.330 e. The van der Waals surface area contributed by atoms with Gasteiger partial charge in [0.15, 0.2) is 9.84 Å². The molecule has 0 radical (unpaired) electrons. The number of nitrogens with zero attached hydrogens (tertiary/aromatic N) is 1. The first-order valence-electron chi connectivity index (χ1n) is 4.61. The average molecular weight is 231 g/mol. The monoisotopic (exact) mass is 231 g/mol. The minimum atomic E-state index is -3.43. The first kappa shape index (κ1) is 14.0. The van der Waals surface area contributed by atoms with E-state index in [9.17, 15) is 13.2 Å². The van der Waals surface area contributed by atoms with Crippen LogP contribution in [-0.2, 0) is 14.6 Å². The minimum absolute atomic E-state index is 0.133. The summed E-state index contributed by atoms with van der Waals surface area (Å²) >= 11 is 0. The number of sulfone groups is 1. The van der Waals surface area contributed by atoms with E-state index in [0.29, 0.717) is 6.54 Å². The van der Waals surface area contributed by atoms with Crippen LogP contribution in [0.1, 0.15) is 20.8 Å². The van der Waals surface area contributed by atoms with Crippen LogP contribution in [0.25, 0.3) is 0 Å². The van der Waals surface area contributed by atoms with Gasteiger partial charge in [0, 0.05) is 12.8 Å². The second-order valence-electron chi connectivity index (χ2n) is 3.81. The highest BCUT2D eigenvalue weighted by Crippen LogP contribution is 2.18.